The summed E-state index contributed by atoms with van der Waals surface area (Å²) in [5.74, 6) is 0.662. The maximum Gasteiger partial charge on any atom is 0.290 e. The molecule has 2 atom stereocenters. The number of aryl methyl sites for hydroxylation is 1. The number of hydrogen-bond donors (Lipinski definition) is 3. The molecule has 0 aromatic heterocycles. The molecule has 3 N–H and O–H groups in total. The molecule has 4 aliphatic heterocycles. The van der Waals surface area contributed by atoms with E-state index in [1.807, 2.05) is 42.2 Å². The average Bonchev–Trinajstić information content (AvgIpc) is 3.04. The Hall–Kier alpha value is -4.90. The van der Waals surface area contributed by atoms with Crippen molar-refractivity contribution in [1.82, 2.24) is 20.4 Å². The number of ether oxygens (including phenoxy) is 2. The van der Waals surface area contributed by atoms with Gasteiger partial charge in [0.25, 0.3) is 18.3 Å². The summed E-state index contributed by atoms with van der Waals surface area (Å²) in [6, 6.07) is 20.7. The molecule has 4 aliphatic rings. The van der Waals surface area contributed by atoms with E-state index in [-0.39, 0.29) is 36.9 Å². The van der Waals surface area contributed by atoms with Crippen LogP contribution in [-0.4, -0.2) is 84.0 Å². The number of hydrogen-bond acceptors (Lipinski definition) is 7. The van der Waals surface area contributed by atoms with E-state index >= 15 is 0 Å². The Morgan fingerprint density at radius 3 is 2.58 bits per heavy atom. The van der Waals surface area contributed by atoms with Crippen molar-refractivity contribution >= 4 is 24.2 Å². The molecule has 3 amide bonds. The van der Waals surface area contributed by atoms with Crippen LogP contribution in [0, 0.1) is 6.92 Å². The minimum absolute atomic E-state index is 0.0537. The van der Waals surface area contributed by atoms with Gasteiger partial charge in [0.15, 0.2) is 6.61 Å². The summed E-state index contributed by atoms with van der Waals surface area (Å²) >= 11 is 0. The van der Waals surface area contributed by atoms with Crippen LogP contribution in [0.1, 0.15) is 39.0 Å². The van der Waals surface area contributed by atoms with Gasteiger partial charge >= 0.3 is 0 Å². The molecule has 0 saturated carbocycles. The summed E-state index contributed by atoms with van der Waals surface area (Å²) in [6.45, 7) is 4.68. The lowest BCUT2D eigenvalue weighted by Gasteiger charge is -2.40. The van der Waals surface area contributed by atoms with Gasteiger partial charge in [-0.2, -0.15) is 0 Å². The number of likely N-dealkylation sites (tertiary alicyclic amines) is 1. The van der Waals surface area contributed by atoms with Crippen LogP contribution in [0.2, 0.25) is 0 Å². The Bertz CT molecular complexity index is 1530. The molecule has 4 heterocycles. The largest absolute Gasteiger partial charge is 0.488 e. The first-order valence-electron chi connectivity index (χ1n) is 15.0. The molecule has 0 radical (unpaired) electrons. The van der Waals surface area contributed by atoms with Crippen LogP contribution in [0.3, 0.4) is 0 Å². The topological polar surface area (TPSA) is 138 Å². The number of amides is 3. The van der Waals surface area contributed by atoms with E-state index in [1.165, 1.54) is 11.1 Å². The highest BCUT2D eigenvalue weighted by molar-refractivity contribution is 5.95. The molecule has 7 rings (SSSR count). The zero-order chi connectivity index (χ0) is 31.8. The Morgan fingerprint density at radius 2 is 1.80 bits per heavy atom. The van der Waals surface area contributed by atoms with Gasteiger partial charge in [-0.25, -0.2) is 0 Å². The first-order valence-corrected chi connectivity index (χ1v) is 15.0. The molecule has 3 aromatic carbocycles. The van der Waals surface area contributed by atoms with Gasteiger partial charge in [-0.3, -0.25) is 24.1 Å². The smallest absolute Gasteiger partial charge is 0.290 e. The van der Waals surface area contributed by atoms with Crippen molar-refractivity contribution in [2.24, 2.45) is 0 Å². The van der Waals surface area contributed by atoms with E-state index < -0.39 is 6.04 Å². The highest BCUT2D eigenvalue weighted by Gasteiger charge is 2.35. The van der Waals surface area contributed by atoms with Crippen LogP contribution in [0.4, 0.5) is 0 Å². The molecule has 11 nitrogen and oxygen atoms in total. The quantitative estimate of drug-likeness (QED) is 0.375. The predicted octanol–water partition coefficient (Wildman–Crippen LogP) is 2.54. The van der Waals surface area contributed by atoms with E-state index in [0.29, 0.717) is 49.7 Å². The molecular weight excluding hydrogens is 576 g/mol. The van der Waals surface area contributed by atoms with Crippen molar-refractivity contribution in [3.63, 3.8) is 0 Å². The predicted molar refractivity (Wildman–Crippen MR) is 166 cm³/mol. The minimum atomic E-state index is -0.415. The Morgan fingerprint density at radius 1 is 1.04 bits per heavy atom. The second-order valence-electron chi connectivity index (χ2n) is 11.4. The summed E-state index contributed by atoms with van der Waals surface area (Å²) in [6.07, 6.45) is 1.20. The number of piperidine rings is 1. The number of carbonyl (C=O) groups excluding carboxylic acids is 3. The van der Waals surface area contributed by atoms with Crippen molar-refractivity contribution in [2.75, 3.05) is 32.8 Å². The Balaban J connectivity index is 0.00000128. The van der Waals surface area contributed by atoms with Crippen LogP contribution < -0.4 is 20.1 Å². The van der Waals surface area contributed by atoms with Crippen LogP contribution in [0.15, 0.2) is 66.7 Å². The van der Waals surface area contributed by atoms with Crippen LogP contribution in [-0.2, 0) is 33.9 Å². The number of carboxylic acid groups (broad SMARTS) is 1. The zero-order valence-corrected chi connectivity index (χ0v) is 25.2. The highest BCUT2D eigenvalue weighted by atomic mass is 16.5. The fraction of sp³-hybridized carbons (Fsp3) is 0.353. The third-order valence-electron chi connectivity index (χ3n) is 8.30. The molecule has 236 valence electrons. The number of nitrogens with zero attached hydrogens (tertiary/aromatic N) is 2. The molecule has 0 aliphatic carbocycles. The van der Waals surface area contributed by atoms with Gasteiger partial charge in [-0.05, 0) is 59.9 Å². The number of carbonyl (C=O) groups is 4. The molecular formula is C34H38N4O7. The number of nitrogens with one attached hydrogen (secondary N) is 2. The third kappa shape index (κ3) is 8.18. The number of rotatable bonds is 2. The molecule has 1 fully saturated rings. The van der Waals surface area contributed by atoms with Crippen LogP contribution in [0.5, 0.6) is 11.5 Å². The van der Waals surface area contributed by atoms with Crippen molar-refractivity contribution < 1.29 is 33.8 Å². The normalized spacial score (nSPS) is 20.0. The second kappa shape index (κ2) is 14.7. The lowest BCUT2D eigenvalue weighted by molar-refractivity contribution is -0.135. The standard InChI is InChI=1S/C33H36N4O5.CH2O2/c1-22-6-9-25-16-30(22)41-21-31(38)34-17-23-7-10-27(11-8-23)42-29-13-15-37(19-28(29)35-33(25)40)32(39)20-36-14-12-24-4-2-3-5-26(24)18-36;2-1-3/h2-11,16,28-29H,12-15,17-21H2,1H3,(H,34,38)(H,35,40);1H,(H,2,3)/t28-,29-;/m0./s1. The fourth-order valence-electron chi connectivity index (χ4n) is 5.82. The summed E-state index contributed by atoms with van der Waals surface area (Å²) in [5.41, 5.74) is 4.80. The Labute approximate surface area is 262 Å². The SMILES string of the molecule is Cc1ccc2cc1OCC(=O)NCc1ccc(cc1)O[C@H]1CCN(C(=O)CN3CCc4ccccc4C3)C[C@@H]1NC2=O.O=CO. The molecule has 3 aromatic rings. The fourth-order valence-corrected chi connectivity index (χ4v) is 5.82. The third-order valence-corrected chi connectivity index (χ3v) is 8.30. The van der Waals surface area contributed by atoms with Crippen LogP contribution in [0.25, 0.3) is 0 Å². The van der Waals surface area contributed by atoms with E-state index in [0.717, 1.165) is 30.6 Å². The first kappa shape index (κ1) is 31.5. The van der Waals surface area contributed by atoms with Gasteiger partial charge in [0.2, 0.25) is 5.91 Å². The van der Waals surface area contributed by atoms with E-state index in [4.69, 9.17) is 19.4 Å². The van der Waals surface area contributed by atoms with Crippen molar-refractivity contribution in [3.05, 3.63) is 94.5 Å². The van der Waals surface area contributed by atoms with Crippen molar-refractivity contribution in [1.29, 1.82) is 0 Å². The second-order valence-corrected chi connectivity index (χ2v) is 11.4. The monoisotopic (exact) mass is 614 g/mol. The van der Waals surface area contributed by atoms with Gasteiger partial charge in [0, 0.05) is 44.7 Å². The maximum absolute atomic E-state index is 13.5. The van der Waals surface area contributed by atoms with Crippen LogP contribution >= 0.6 is 0 Å². The summed E-state index contributed by atoms with van der Waals surface area (Å²) in [4.78, 5) is 51.7. The van der Waals surface area contributed by atoms with Crippen molar-refractivity contribution in [2.45, 2.75) is 45.0 Å². The molecule has 1 saturated heterocycles. The van der Waals surface area contributed by atoms with Gasteiger partial charge in [0.1, 0.15) is 17.6 Å². The molecule has 45 heavy (non-hydrogen) atoms. The zero-order valence-electron chi connectivity index (χ0n) is 25.2. The molecule has 0 spiro atoms. The summed E-state index contributed by atoms with van der Waals surface area (Å²) in [7, 11) is 0. The molecule has 0 unspecified atom stereocenters. The number of benzene rings is 3. The maximum atomic E-state index is 13.5. The molecule has 11 heteroatoms. The lowest BCUT2D eigenvalue weighted by Crippen LogP contribution is -2.59. The van der Waals surface area contributed by atoms with Gasteiger partial charge in [-0.15, -0.1) is 0 Å². The highest BCUT2D eigenvalue weighted by Crippen LogP contribution is 2.24. The Kier molecular flexibility index (Phi) is 10.3. The summed E-state index contributed by atoms with van der Waals surface area (Å²) in [5, 5.41) is 12.9. The van der Waals surface area contributed by atoms with E-state index in [9.17, 15) is 14.4 Å². The first-order chi connectivity index (χ1) is 21.8. The average molecular weight is 615 g/mol. The van der Waals surface area contributed by atoms with Crippen molar-refractivity contribution in [3.8, 4) is 11.5 Å². The van der Waals surface area contributed by atoms with Gasteiger partial charge < -0.3 is 30.1 Å². The van der Waals surface area contributed by atoms with Gasteiger partial charge in [0.05, 0.1) is 12.6 Å². The number of fused-ring (bicyclic) bond motifs is 8. The molecule has 4 bridgehead atoms. The minimum Gasteiger partial charge on any atom is -0.488 e. The van der Waals surface area contributed by atoms with E-state index in [2.05, 4.69) is 33.7 Å². The lowest BCUT2D eigenvalue weighted by atomic mass is 9.99. The van der Waals surface area contributed by atoms with E-state index in [1.54, 1.807) is 18.2 Å². The summed E-state index contributed by atoms with van der Waals surface area (Å²) < 4.78 is 12.2. The van der Waals surface area contributed by atoms with Gasteiger partial charge in [-0.1, -0.05) is 42.5 Å².